The Morgan fingerprint density at radius 3 is 2.47 bits per heavy atom. The SMILES string of the molecule is COc1ccc(OC)c([C@H]2Nc3ccc(C(=O)c4ccccc4)cc3NC3=C2C(=O)CCC3)c1. The highest BCUT2D eigenvalue weighted by Gasteiger charge is 2.34. The van der Waals surface area contributed by atoms with Gasteiger partial charge >= 0.3 is 0 Å². The van der Waals surface area contributed by atoms with E-state index < -0.39 is 6.04 Å². The van der Waals surface area contributed by atoms with Gasteiger partial charge in [-0.25, -0.2) is 0 Å². The molecule has 6 heteroatoms. The molecule has 3 aromatic rings. The molecule has 0 radical (unpaired) electrons. The number of carbonyl (C=O) groups excluding carboxylic acids is 2. The molecule has 0 saturated carbocycles. The molecule has 6 nitrogen and oxygen atoms in total. The fourth-order valence-electron chi connectivity index (χ4n) is 4.69. The van der Waals surface area contributed by atoms with E-state index in [-0.39, 0.29) is 11.6 Å². The van der Waals surface area contributed by atoms with Gasteiger partial charge < -0.3 is 20.1 Å². The average Bonchev–Trinajstić information content (AvgIpc) is 3.05. The number of benzene rings is 3. The van der Waals surface area contributed by atoms with Gasteiger partial charge in [0.25, 0.3) is 0 Å². The zero-order valence-electron chi connectivity index (χ0n) is 19.2. The van der Waals surface area contributed by atoms with Crippen LogP contribution in [-0.2, 0) is 4.79 Å². The van der Waals surface area contributed by atoms with Crippen molar-refractivity contribution >= 4 is 22.9 Å². The van der Waals surface area contributed by atoms with Crippen LogP contribution in [0, 0.1) is 0 Å². The molecule has 1 aliphatic heterocycles. The predicted octanol–water partition coefficient (Wildman–Crippen LogP) is 5.52. The monoisotopic (exact) mass is 454 g/mol. The Hall–Kier alpha value is -4.06. The summed E-state index contributed by atoms with van der Waals surface area (Å²) in [6.07, 6.45) is 2.03. The van der Waals surface area contributed by atoms with Crippen LogP contribution in [-0.4, -0.2) is 25.8 Å². The number of fused-ring (bicyclic) bond motifs is 1. The number of hydrogen-bond donors (Lipinski definition) is 2. The zero-order chi connectivity index (χ0) is 23.7. The molecule has 2 N–H and O–H groups in total. The summed E-state index contributed by atoms with van der Waals surface area (Å²) in [4.78, 5) is 26.2. The summed E-state index contributed by atoms with van der Waals surface area (Å²) in [7, 11) is 3.23. The van der Waals surface area contributed by atoms with Crippen LogP contribution < -0.4 is 20.1 Å². The minimum absolute atomic E-state index is 0.0469. The molecule has 0 aromatic heterocycles. The van der Waals surface area contributed by atoms with Crippen LogP contribution in [0.1, 0.15) is 46.8 Å². The molecule has 1 atom stereocenters. The highest BCUT2D eigenvalue weighted by Crippen LogP contribution is 2.44. The summed E-state index contributed by atoms with van der Waals surface area (Å²) >= 11 is 0. The Morgan fingerprint density at radius 1 is 0.882 bits per heavy atom. The number of anilines is 2. The largest absolute Gasteiger partial charge is 0.497 e. The molecule has 0 bridgehead atoms. The first kappa shape index (κ1) is 21.8. The maximum absolute atomic E-state index is 13.2. The molecule has 0 unspecified atom stereocenters. The number of allylic oxidation sites excluding steroid dienone is 1. The number of ether oxygens (including phenoxy) is 2. The van der Waals surface area contributed by atoms with E-state index in [9.17, 15) is 9.59 Å². The van der Waals surface area contributed by atoms with E-state index >= 15 is 0 Å². The number of ketones is 2. The predicted molar refractivity (Wildman–Crippen MR) is 132 cm³/mol. The van der Waals surface area contributed by atoms with Crippen molar-refractivity contribution in [3.05, 3.63) is 94.7 Å². The smallest absolute Gasteiger partial charge is 0.193 e. The molecule has 5 rings (SSSR count). The molecule has 1 aliphatic carbocycles. The second-order valence-electron chi connectivity index (χ2n) is 8.43. The van der Waals surface area contributed by atoms with Crippen molar-refractivity contribution in [2.75, 3.05) is 24.9 Å². The molecule has 0 saturated heterocycles. The van der Waals surface area contributed by atoms with Crippen molar-refractivity contribution in [2.24, 2.45) is 0 Å². The van der Waals surface area contributed by atoms with Gasteiger partial charge in [0.1, 0.15) is 11.5 Å². The molecule has 3 aromatic carbocycles. The van der Waals surface area contributed by atoms with Gasteiger partial charge in [-0.05, 0) is 49.2 Å². The summed E-state index contributed by atoms with van der Waals surface area (Å²) in [5.74, 6) is 1.41. The Labute approximate surface area is 198 Å². The third kappa shape index (κ3) is 3.92. The molecular formula is C28H26N2O4. The van der Waals surface area contributed by atoms with Crippen LogP contribution in [0.3, 0.4) is 0 Å². The van der Waals surface area contributed by atoms with Gasteiger partial charge in [-0.15, -0.1) is 0 Å². The van der Waals surface area contributed by atoms with Gasteiger partial charge in [0.2, 0.25) is 0 Å². The standard InChI is InChI=1S/C28H26N2O4/c1-33-19-12-14-25(34-2)20(16-19)27-26-22(9-6-10-24(26)31)29-23-15-18(11-13-21(23)30-27)28(32)17-7-4-3-5-8-17/h3-5,7-8,11-16,27,29-30H,6,9-10H2,1-2H3/t27-/m1/s1. The van der Waals surface area contributed by atoms with E-state index in [0.29, 0.717) is 34.6 Å². The minimum Gasteiger partial charge on any atom is -0.497 e. The number of rotatable bonds is 5. The third-order valence-electron chi connectivity index (χ3n) is 6.40. The number of Topliss-reactive ketones (excluding diaryl/α,β-unsaturated/α-hetero) is 1. The summed E-state index contributed by atoms with van der Waals surface area (Å²) in [6, 6.07) is 20.0. The lowest BCUT2D eigenvalue weighted by Crippen LogP contribution is -2.24. The van der Waals surface area contributed by atoms with E-state index in [1.54, 1.807) is 14.2 Å². The van der Waals surface area contributed by atoms with Gasteiger partial charge in [-0.3, -0.25) is 9.59 Å². The molecular weight excluding hydrogens is 428 g/mol. The Kier molecular flexibility index (Phi) is 5.80. The summed E-state index contributed by atoms with van der Waals surface area (Å²) in [6.45, 7) is 0. The Morgan fingerprint density at radius 2 is 1.71 bits per heavy atom. The van der Waals surface area contributed by atoms with Crippen molar-refractivity contribution in [1.82, 2.24) is 0 Å². The molecule has 34 heavy (non-hydrogen) atoms. The first-order valence-electron chi connectivity index (χ1n) is 11.3. The second kappa shape index (κ2) is 9.06. The van der Waals surface area contributed by atoms with Crippen LogP contribution in [0.15, 0.2) is 78.0 Å². The first-order valence-corrected chi connectivity index (χ1v) is 11.3. The van der Waals surface area contributed by atoms with E-state index in [4.69, 9.17) is 9.47 Å². The summed E-state index contributed by atoms with van der Waals surface area (Å²) in [5, 5.41) is 7.03. The molecule has 0 fully saturated rings. The van der Waals surface area contributed by atoms with Gasteiger partial charge in [0.15, 0.2) is 11.6 Å². The average molecular weight is 455 g/mol. The van der Waals surface area contributed by atoms with Gasteiger partial charge in [-0.1, -0.05) is 30.3 Å². The van der Waals surface area contributed by atoms with E-state index in [2.05, 4.69) is 10.6 Å². The third-order valence-corrected chi connectivity index (χ3v) is 6.40. The summed E-state index contributed by atoms with van der Waals surface area (Å²) < 4.78 is 11.1. The van der Waals surface area contributed by atoms with Crippen molar-refractivity contribution in [1.29, 1.82) is 0 Å². The zero-order valence-corrected chi connectivity index (χ0v) is 19.2. The van der Waals surface area contributed by atoms with Crippen molar-refractivity contribution in [2.45, 2.75) is 25.3 Å². The van der Waals surface area contributed by atoms with Crippen LogP contribution in [0.5, 0.6) is 11.5 Å². The fraction of sp³-hybridized carbons (Fsp3) is 0.214. The highest BCUT2D eigenvalue weighted by molar-refractivity contribution is 6.10. The molecule has 0 amide bonds. The molecule has 2 aliphatic rings. The van der Waals surface area contributed by atoms with Crippen LogP contribution >= 0.6 is 0 Å². The van der Waals surface area contributed by atoms with Crippen molar-refractivity contribution in [3.8, 4) is 11.5 Å². The van der Waals surface area contributed by atoms with Gasteiger partial charge in [0, 0.05) is 34.4 Å². The maximum atomic E-state index is 13.2. The lowest BCUT2D eigenvalue weighted by molar-refractivity contribution is -0.116. The van der Waals surface area contributed by atoms with Gasteiger partial charge in [0.05, 0.1) is 31.6 Å². The van der Waals surface area contributed by atoms with Crippen LogP contribution in [0.2, 0.25) is 0 Å². The minimum atomic E-state index is -0.419. The van der Waals surface area contributed by atoms with Crippen molar-refractivity contribution in [3.63, 3.8) is 0 Å². The molecule has 0 spiro atoms. The second-order valence-corrected chi connectivity index (χ2v) is 8.43. The quantitative estimate of drug-likeness (QED) is 0.495. The van der Waals surface area contributed by atoms with Crippen LogP contribution in [0.25, 0.3) is 0 Å². The normalized spacial score (nSPS) is 17.0. The first-order chi connectivity index (χ1) is 16.6. The van der Waals surface area contributed by atoms with Crippen molar-refractivity contribution < 1.29 is 19.1 Å². The lowest BCUT2D eigenvalue weighted by Gasteiger charge is -2.26. The number of nitrogens with one attached hydrogen (secondary N) is 2. The number of methoxy groups -OCH3 is 2. The van der Waals surface area contributed by atoms with E-state index in [0.717, 1.165) is 35.5 Å². The Bertz CT molecular complexity index is 1300. The summed E-state index contributed by atoms with van der Waals surface area (Å²) in [5.41, 5.74) is 5.20. The Balaban J connectivity index is 1.62. The molecule has 172 valence electrons. The number of carbonyl (C=O) groups is 2. The van der Waals surface area contributed by atoms with E-state index in [1.807, 2.05) is 66.7 Å². The topological polar surface area (TPSA) is 76.7 Å². The number of hydrogen-bond acceptors (Lipinski definition) is 6. The van der Waals surface area contributed by atoms with Crippen LogP contribution in [0.4, 0.5) is 11.4 Å². The van der Waals surface area contributed by atoms with E-state index in [1.165, 1.54) is 0 Å². The van der Waals surface area contributed by atoms with Gasteiger partial charge in [-0.2, -0.15) is 0 Å². The highest BCUT2D eigenvalue weighted by atomic mass is 16.5. The lowest BCUT2D eigenvalue weighted by atomic mass is 9.86. The maximum Gasteiger partial charge on any atom is 0.193 e. The molecule has 1 heterocycles. The fourth-order valence-corrected chi connectivity index (χ4v) is 4.69.